The molecule has 46 heavy (non-hydrogen) atoms. The summed E-state index contributed by atoms with van der Waals surface area (Å²) in [6, 6.07) is 12.8. The first-order valence-corrected chi connectivity index (χ1v) is 18.3. The lowest BCUT2D eigenvalue weighted by Crippen LogP contribution is -2.61. The van der Waals surface area contributed by atoms with Gasteiger partial charge in [-0.05, 0) is 110 Å². The molecular weight excluding hydrogens is 595 g/mol. The Kier molecular flexibility index (Phi) is 11.4. The van der Waals surface area contributed by atoms with Crippen LogP contribution in [0.2, 0.25) is 0 Å². The van der Waals surface area contributed by atoms with Crippen LogP contribution in [0.5, 0.6) is 5.75 Å². The molecule has 8 nitrogen and oxygen atoms in total. The van der Waals surface area contributed by atoms with Gasteiger partial charge in [0.05, 0.1) is 7.11 Å². The Hall–Kier alpha value is -2.85. The molecule has 1 aliphatic carbocycles. The van der Waals surface area contributed by atoms with Gasteiger partial charge in [0.25, 0.3) is 0 Å². The lowest BCUT2D eigenvalue weighted by atomic mass is 9.70. The van der Waals surface area contributed by atoms with Gasteiger partial charge in [-0.3, -0.25) is 9.69 Å². The van der Waals surface area contributed by atoms with Crippen LogP contribution in [0.15, 0.2) is 59.6 Å². The van der Waals surface area contributed by atoms with Crippen molar-refractivity contribution >= 4 is 17.3 Å². The first kappa shape index (κ1) is 33.1. The predicted molar refractivity (Wildman–Crippen MR) is 184 cm³/mol. The fraction of sp³-hybridized carbons (Fsp3) is 0.595. The number of rotatable bonds is 14. The van der Waals surface area contributed by atoms with E-state index in [1.165, 1.54) is 12.0 Å². The highest BCUT2D eigenvalue weighted by molar-refractivity contribution is 7.08. The molecule has 248 valence electrons. The third-order valence-electron chi connectivity index (χ3n) is 11.0. The number of carbonyl (C=O) groups is 1. The summed E-state index contributed by atoms with van der Waals surface area (Å²) >= 11 is 1.76. The first-order chi connectivity index (χ1) is 22.5. The largest absolute Gasteiger partial charge is 0.497 e. The van der Waals surface area contributed by atoms with E-state index in [1.54, 1.807) is 18.4 Å². The highest BCUT2D eigenvalue weighted by atomic mass is 32.1. The van der Waals surface area contributed by atoms with E-state index < -0.39 is 11.5 Å². The number of ether oxygens (including phenoxy) is 1. The number of aliphatic carboxylic acids is 1. The molecule has 9 heteroatoms. The third-order valence-corrected chi connectivity index (χ3v) is 11.7. The maximum Gasteiger partial charge on any atom is 0.324 e. The quantitative estimate of drug-likeness (QED) is 0.210. The molecule has 4 heterocycles. The van der Waals surface area contributed by atoms with E-state index in [9.17, 15) is 9.90 Å². The Labute approximate surface area is 278 Å². The lowest BCUT2D eigenvalue weighted by Gasteiger charge is -2.46. The van der Waals surface area contributed by atoms with Crippen molar-refractivity contribution < 1.29 is 14.6 Å². The van der Waals surface area contributed by atoms with Crippen LogP contribution >= 0.6 is 11.3 Å². The number of hydrogen-bond acceptors (Lipinski definition) is 8. The number of nitrogens with zero attached hydrogens (tertiary/aromatic N) is 4. The summed E-state index contributed by atoms with van der Waals surface area (Å²) in [6.45, 7) is 5.84. The van der Waals surface area contributed by atoms with Crippen LogP contribution < -0.4 is 10.1 Å². The molecule has 3 fully saturated rings. The summed E-state index contributed by atoms with van der Waals surface area (Å²) in [5, 5.41) is 19.5. The van der Waals surface area contributed by atoms with Gasteiger partial charge in [-0.15, -0.1) is 0 Å². The Balaban J connectivity index is 1.13. The number of thiophene rings is 1. The zero-order valence-electron chi connectivity index (χ0n) is 27.4. The molecule has 2 saturated heterocycles. The molecule has 0 amide bonds. The molecule has 3 atom stereocenters. The zero-order valence-corrected chi connectivity index (χ0v) is 28.2. The van der Waals surface area contributed by atoms with Gasteiger partial charge in [0.2, 0.25) is 0 Å². The topological polar surface area (TPSA) is 90.8 Å². The van der Waals surface area contributed by atoms with Crippen molar-refractivity contribution in [1.82, 2.24) is 25.1 Å². The maximum absolute atomic E-state index is 13.7. The summed E-state index contributed by atoms with van der Waals surface area (Å²) in [5.74, 6) is 1.98. The maximum atomic E-state index is 13.7. The van der Waals surface area contributed by atoms with Crippen LogP contribution in [-0.2, 0) is 17.6 Å². The van der Waals surface area contributed by atoms with Crippen LogP contribution in [0.3, 0.4) is 0 Å². The van der Waals surface area contributed by atoms with Crippen LogP contribution in [-0.4, -0.2) is 88.8 Å². The second-order valence-electron chi connectivity index (χ2n) is 13.7. The molecule has 0 radical (unpaired) electrons. The van der Waals surface area contributed by atoms with Crippen molar-refractivity contribution in [3.63, 3.8) is 0 Å². The lowest BCUT2D eigenvalue weighted by molar-refractivity contribution is -0.156. The smallest absolute Gasteiger partial charge is 0.324 e. The van der Waals surface area contributed by atoms with E-state index in [1.807, 2.05) is 30.6 Å². The van der Waals surface area contributed by atoms with E-state index in [2.05, 4.69) is 54.0 Å². The van der Waals surface area contributed by atoms with Crippen LogP contribution in [0.1, 0.15) is 74.2 Å². The van der Waals surface area contributed by atoms with Gasteiger partial charge in [0.1, 0.15) is 17.1 Å². The van der Waals surface area contributed by atoms with E-state index in [4.69, 9.17) is 4.74 Å². The van der Waals surface area contributed by atoms with Crippen LogP contribution in [0.25, 0.3) is 0 Å². The van der Waals surface area contributed by atoms with E-state index >= 15 is 0 Å². The van der Waals surface area contributed by atoms with Crippen molar-refractivity contribution in [2.24, 2.45) is 11.8 Å². The van der Waals surface area contributed by atoms with Gasteiger partial charge in [0.15, 0.2) is 0 Å². The molecule has 0 spiro atoms. The molecule has 0 unspecified atom stereocenters. The number of benzene rings is 1. The average molecular weight is 646 g/mol. The summed E-state index contributed by atoms with van der Waals surface area (Å²) in [7, 11) is 1.68. The highest BCUT2D eigenvalue weighted by Gasteiger charge is 2.54. The van der Waals surface area contributed by atoms with Gasteiger partial charge in [0, 0.05) is 56.8 Å². The minimum atomic E-state index is -0.903. The fourth-order valence-electron chi connectivity index (χ4n) is 8.44. The van der Waals surface area contributed by atoms with Crippen molar-refractivity contribution in [3.8, 4) is 5.75 Å². The normalized spacial score (nSPS) is 23.3. The Morgan fingerprint density at radius 1 is 1.04 bits per heavy atom. The van der Waals surface area contributed by atoms with E-state index in [0.717, 1.165) is 108 Å². The van der Waals surface area contributed by atoms with Crippen molar-refractivity contribution in [1.29, 1.82) is 0 Å². The summed E-state index contributed by atoms with van der Waals surface area (Å²) < 4.78 is 5.41. The van der Waals surface area contributed by atoms with Gasteiger partial charge in [-0.2, -0.15) is 11.3 Å². The fourth-order valence-corrected chi connectivity index (χ4v) is 9.17. The number of hydrogen-bond donors (Lipinski definition) is 2. The molecule has 1 saturated carbocycles. The van der Waals surface area contributed by atoms with Gasteiger partial charge >= 0.3 is 5.97 Å². The minimum Gasteiger partial charge on any atom is -0.497 e. The predicted octanol–water partition coefficient (Wildman–Crippen LogP) is 5.90. The van der Waals surface area contributed by atoms with Crippen LogP contribution in [0.4, 0.5) is 0 Å². The number of methoxy groups -OCH3 is 1. The SMILES string of the molecule is COc1ccc(C[C@](C(=O)O)(C2CCCCC2)N2C[C@H](CN3CCC(NCCCc4ncccn4)CC3)[C@@H](c3ccsc3)C2)cc1. The Bertz CT molecular complexity index is 1340. The summed E-state index contributed by atoms with van der Waals surface area (Å²) in [4.78, 5) is 27.4. The number of nitrogens with one attached hydrogen (secondary N) is 1. The molecule has 2 aromatic heterocycles. The van der Waals surface area contributed by atoms with Crippen molar-refractivity contribution in [2.45, 2.75) is 81.7 Å². The van der Waals surface area contributed by atoms with Crippen LogP contribution in [0, 0.1) is 11.8 Å². The number of piperidine rings is 1. The standard InChI is InChI=1S/C37H51N5O3S/c1-45-33-12-10-28(11-13-33)23-37(36(43)44,31-7-3-2-4-8-31)42-25-30(34(26-42)29-16-22-46-27-29)24-41-20-14-32(15-21-41)38-17-5-9-35-39-18-6-19-40-35/h6,10-13,16,18-19,22,27,30-32,34,38H,2-5,7-9,14-15,17,20-21,23-26H2,1H3,(H,43,44)/t30-,34+,37+/m0/s1. The third kappa shape index (κ3) is 7.81. The molecular formula is C37H51N5O3S. The molecule has 0 bridgehead atoms. The number of aromatic nitrogens is 2. The molecule has 3 aliphatic rings. The second kappa shape index (κ2) is 15.8. The van der Waals surface area contributed by atoms with E-state index in [0.29, 0.717) is 24.3 Å². The zero-order chi connectivity index (χ0) is 31.8. The highest BCUT2D eigenvalue weighted by Crippen LogP contribution is 2.45. The average Bonchev–Trinajstić information content (AvgIpc) is 3.78. The number of likely N-dealkylation sites (tertiary alicyclic amines) is 2. The van der Waals surface area contributed by atoms with E-state index in [-0.39, 0.29) is 5.92 Å². The minimum absolute atomic E-state index is 0.151. The Morgan fingerprint density at radius 2 is 1.80 bits per heavy atom. The van der Waals surface area contributed by atoms with Gasteiger partial charge in [-0.25, -0.2) is 9.97 Å². The monoisotopic (exact) mass is 645 g/mol. The van der Waals surface area contributed by atoms with Gasteiger partial charge < -0.3 is 20.1 Å². The number of carboxylic acid groups (broad SMARTS) is 1. The second-order valence-corrected chi connectivity index (χ2v) is 14.5. The summed E-state index contributed by atoms with van der Waals surface area (Å²) in [5.41, 5.74) is 1.55. The van der Waals surface area contributed by atoms with Crippen molar-refractivity contribution in [2.75, 3.05) is 46.4 Å². The first-order valence-electron chi connectivity index (χ1n) is 17.4. The molecule has 2 aliphatic heterocycles. The van der Waals surface area contributed by atoms with Gasteiger partial charge in [-0.1, -0.05) is 31.4 Å². The summed E-state index contributed by atoms with van der Waals surface area (Å²) in [6.07, 6.45) is 13.9. The number of aryl methyl sites for hydroxylation is 1. The molecule has 6 rings (SSSR count). The molecule has 3 aromatic rings. The number of carboxylic acids is 1. The van der Waals surface area contributed by atoms with Crippen molar-refractivity contribution in [3.05, 3.63) is 76.5 Å². The Morgan fingerprint density at radius 3 is 2.48 bits per heavy atom. The molecule has 1 aromatic carbocycles. The molecule has 2 N–H and O–H groups in total.